The summed E-state index contributed by atoms with van der Waals surface area (Å²) in [5.74, 6) is 0. The summed E-state index contributed by atoms with van der Waals surface area (Å²) in [5.41, 5.74) is 5.68. The van der Waals surface area contributed by atoms with Gasteiger partial charge in [0.25, 0.3) is 0 Å². The molecule has 0 aliphatic carbocycles. The topological polar surface area (TPSA) is 64.2 Å². The first-order valence-electron chi connectivity index (χ1n) is 7.24. The molecule has 23 heavy (non-hydrogen) atoms. The van der Waals surface area contributed by atoms with Crippen molar-refractivity contribution in [3.63, 3.8) is 0 Å². The average molecular weight is 304 g/mol. The first kappa shape index (κ1) is 14.9. The molecule has 5 nitrogen and oxygen atoms in total. The lowest BCUT2D eigenvalue weighted by atomic mass is 10.3. The summed E-state index contributed by atoms with van der Waals surface area (Å²) >= 11 is 0. The third-order valence-electron chi connectivity index (χ3n) is 3.20. The number of nitrogens with zero attached hydrogens (tertiary/aromatic N) is 2. The second-order valence-corrected chi connectivity index (χ2v) is 4.90. The fourth-order valence-electron chi connectivity index (χ4n) is 2.01. The lowest BCUT2D eigenvalue weighted by molar-refractivity contribution is -0.749. The van der Waals surface area contributed by atoms with Crippen LogP contribution < -0.4 is 10.6 Å². The van der Waals surface area contributed by atoms with Crippen LogP contribution in [0.4, 0.5) is 22.7 Å². The molecule has 3 rings (SSSR count). The van der Waals surface area contributed by atoms with Crippen LogP contribution in [0, 0.1) is 5.21 Å². The fourth-order valence-corrected chi connectivity index (χ4v) is 2.01. The van der Waals surface area contributed by atoms with Gasteiger partial charge in [-0.3, -0.25) is 0 Å². The van der Waals surface area contributed by atoms with Gasteiger partial charge >= 0.3 is 0 Å². The summed E-state index contributed by atoms with van der Waals surface area (Å²) in [7, 11) is 0. The Balaban J connectivity index is 1.66. The van der Waals surface area contributed by atoms with Crippen molar-refractivity contribution in [3.05, 3.63) is 90.1 Å². The van der Waals surface area contributed by atoms with Gasteiger partial charge in [0.2, 0.25) is 0 Å². The SMILES string of the molecule is [O-][NH+](Nc1ccccc1)c1ccc(N=Nc2ccccc2)cc1. The molecular formula is C18H16N4O. The average Bonchev–Trinajstić information content (AvgIpc) is 2.62. The molecule has 0 saturated heterocycles. The molecule has 3 aromatic carbocycles. The van der Waals surface area contributed by atoms with Gasteiger partial charge in [0.1, 0.15) is 0 Å². The Morgan fingerprint density at radius 1 is 0.652 bits per heavy atom. The van der Waals surface area contributed by atoms with Crippen molar-refractivity contribution >= 4 is 22.7 Å². The van der Waals surface area contributed by atoms with Gasteiger partial charge < -0.3 is 5.21 Å². The smallest absolute Gasteiger partial charge is 0.155 e. The highest BCUT2D eigenvalue weighted by atomic mass is 16.5. The monoisotopic (exact) mass is 304 g/mol. The van der Waals surface area contributed by atoms with E-state index in [0.29, 0.717) is 11.4 Å². The zero-order valence-corrected chi connectivity index (χ0v) is 12.4. The van der Waals surface area contributed by atoms with Gasteiger partial charge in [-0.2, -0.15) is 10.2 Å². The summed E-state index contributed by atoms with van der Waals surface area (Å²) in [5, 5.41) is 20.3. The lowest BCUT2D eigenvalue weighted by Crippen LogP contribution is -3.05. The van der Waals surface area contributed by atoms with Crippen LogP contribution in [-0.2, 0) is 0 Å². The first-order chi connectivity index (χ1) is 11.3. The molecule has 2 N–H and O–H groups in total. The zero-order chi connectivity index (χ0) is 15.9. The third-order valence-corrected chi connectivity index (χ3v) is 3.20. The minimum atomic E-state index is -0.150. The Morgan fingerprint density at radius 3 is 1.78 bits per heavy atom. The van der Waals surface area contributed by atoms with E-state index < -0.39 is 0 Å². The van der Waals surface area contributed by atoms with E-state index in [-0.39, 0.29) is 5.17 Å². The van der Waals surface area contributed by atoms with E-state index in [1.165, 1.54) is 0 Å². The van der Waals surface area contributed by atoms with Crippen LogP contribution in [0.15, 0.2) is 95.2 Å². The first-order valence-corrected chi connectivity index (χ1v) is 7.24. The molecule has 0 spiro atoms. The Bertz CT molecular complexity index is 758. The van der Waals surface area contributed by atoms with E-state index in [4.69, 9.17) is 0 Å². The number of azo groups is 1. The van der Waals surface area contributed by atoms with Crippen LogP contribution in [-0.4, -0.2) is 0 Å². The molecule has 0 fully saturated rings. The summed E-state index contributed by atoms with van der Waals surface area (Å²) < 4.78 is 0. The van der Waals surface area contributed by atoms with Crippen molar-refractivity contribution in [2.75, 3.05) is 5.43 Å². The number of anilines is 1. The van der Waals surface area contributed by atoms with Gasteiger partial charge in [0.05, 0.1) is 17.1 Å². The second kappa shape index (κ2) is 7.31. The van der Waals surface area contributed by atoms with E-state index in [0.717, 1.165) is 11.4 Å². The number of nitrogens with one attached hydrogen (secondary N) is 2. The molecule has 114 valence electrons. The van der Waals surface area contributed by atoms with Crippen molar-refractivity contribution < 1.29 is 5.17 Å². The van der Waals surface area contributed by atoms with E-state index in [1.54, 1.807) is 24.3 Å². The molecule has 0 bridgehead atoms. The quantitative estimate of drug-likeness (QED) is 0.549. The number of benzene rings is 3. The minimum Gasteiger partial charge on any atom is -0.603 e. The van der Waals surface area contributed by atoms with Gasteiger partial charge in [-0.05, 0) is 36.4 Å². The second-order valence-electron chi connectivity index (χ2n) is 4.90. The molecule has 1 unspecified atom stereocenters. The third kappa shape index (κ3) is 4.23. The van der Waals surface area contributed by atoms with Crippen molar-refractivity contribution in [2.45, 2.75) is 0 Å². The Hall–Kier alpha value is -3.02. The summed E-state index contributed by atoms with van der Waals surface area (Å²) in [6.45, 7) is 0. The van der Waals surface area contributed by atoms with Gasteiger partial charge in [-0.1, -0.05) is 36.4 Å². The number of para-hydroxylation sites is 1. The van der Waals surface area contributed by atoms with Crippen LogP contribution >= 0.6 is 0 Å². The van der Waals surface area contributed by atoms with Crippen molar-refractivity contribution in [3.8, 4) is 0 Å². The molecule has 0 saturated carbocycles. The van der Waals surface area contributed by atoms with Gasteiger partial charge in [0, 0.05) is 12.1 Å². The highest BCUT2D eigenvalue weighted by Crippen LogP contribution is 2.18. The predicted molar refractivity (Wildman–Crippen MR) is 91.1 cm³/mol. The number of hydrogen-bond donors (Lipinski definition) is 2. The normalized spacial score (nSPS) is 12.2. The standard InChI is InChI=1S/C18H16N4O/c23-22(21-17-9-5-2-6-10-17)18-13-11-16(12-14-18)20-19-15-7-3-1-4-8-15/h1-14,21-22H. The van der Waals surface area contributed by atoms with Crippen LogP contribution in [0.25, 0.3) is 0 Å². The Morgan fingerprint density at radius 2 is 1.17 bits per heavy atom. The number of hydrogen-bond acceptors (Lipinski definition) is 4. The molecule has 0 aliphatic rings. The Labute approximate surface area is 134 Å². The number of quaternary nitrogens is 1. The van der Waals surface area contributed by atoms with Gasteiger partial charge in [0.15, 0.2) is 5.69 Å². The largest absolute Gasteiger partial charge is 0.603 e. The maximum absolute atomic E-state index is 12.1. The number of rotatable bonds is 5. The molecule has 3 aromatic rings. The molecule has 1 atom stereocenters. The minimum absolute atomic E-state index is 0.150. The molecule has 0 amide bonds. The highest BCUT2D eigenvalue weighted by Gasteiger charge is 2.03. The zero-order valence-electron chi connectivity index (χ0n) is 12.4. The molecule has 0 radical (unpaired) electrons. The van der Waals surface area contributed by atoms with Crippen LogP contribution in [0.5, 0.6) is 0 Å². The summed E-state index contributed by atoms with van der Waals surface area (Å²) in [4.78, 5) is 0. The maximum atomic E-state index is 12.1. The van der Waals surface area contributed by atoms with Crippen LogP contribution in [0.2, 0.25) is 0 Å². The fraction of sp³-hybridized carbons (Fsp3) is 0. The van der Waals surface area contributed by atoms with E-state index in [2.05, 4.69) is 15.7 Å². The predicted octanol–water partition coefficient (Wildman–Crippen LogP) is 4.14. The van der Waals surface area contributed by atoms with Crippen LogP contribution in [0.3, 0.4) is 0 Å². The van der Waals surface area contributed by atoms with Crippen molar-refractivity contribution in [1.29, 1.82) is 0 Å². The van der Waals surface area contributed by atoms with Crippen molar-refractivity contribution in [2.24, 2.45) is 10.2 Å². The van der Waals surface area contributed by atoms with E-state index in [9.17, 15) is 5.21 Å². The summed E-state index contributed by atoms with van der Waals surface area (Å²) in [6.07, 6.45) is 0. The van der Waals surface area contributed by atoms with Gasteiger partial charge in [-0.15, -0.1) is 0 Å². The van der Waals surface area contributed by atoms with Crippen LogP contribution in [0.1, 0.15) is 0 Å². The molecule has 5 heteroatoms. The van der Waals surface area contributed by atoms with E-state index in [1.807, 2.05) is 60.7 Å². The lowest BCUT2D eigenvalue weighted by Gasteiger charge is -2.22. The van der Waals surface area contributed by atoms with Crippen molar-refractivity contribution in [1.82, 2.24) is 0 Å². The van der Waals surface area contributed by atoms with Gasteiger partial charge in [-0.25, -0.2) is 10.6 Å². The summed E-state index contributed by atoms with van der Waals surface area (Å²) in [6, 6.07) is 25.9. The Kier molecular flexibility index (Phi) is 4.73. The molecule has 0 aliphatic heterocycles. The highest BCUT2D eigenvalue weighted by molar-refractivity contribution is 5.46. The molecular weight excluding hydrogens is 288 g/mol. The maximum Gasteiger partial charge on any atom is 0.155 e. The molecule has 0 aromatic heterocycles. The molecule has 0 heterocycles. The van der Waals surface area contributed by atoms with E-state index >= 15 is 0 Å².